The fourth-order valence-electron chi connectivity index (χ4n) is 3.68. The van der Waals surface area contributed by atoms with E-state index in [1.807, 2.05) is 36.4 Å². The highest BCUT2D eigenvalue weighted by Gasteiger charge is 2.18. The standard InChI is InChI=1S/C27H36N2O3/c1-4-6-8-12-18-31-25-23-16-15-22(28-20-21-13-10-9-11-14-21)19-24(23)29(3)27(30)26(25)32-17-7-5-2/h9-11,13-16,19,28H,4-8,12,17-18,20H2,1-3H3. The first kappa shape index (κ1) is 23.7. The molecule has 0 spiro atoms. The summed E-state index contributed by atoms with van der Waals surface area (Å²) in [4.78, 5) is 13.2. The third-order valence-electron chi connectivity index (χ3n) is 5.64. The number of unbranched alkanes of at least 4 members (excludes halogenated alkanes) is 4. The second-order valence-electron chi connectivity index (χ2n) is 8.20. The van der Waals surface area contributed by atoms with Crippen LogP contribution in [0.4, 0.5) is 5.69 Å². The number of benzene rings is 2. The number of anilines is 1. The fourth-order valence-corrected chi connectivity index (χ4v) is 3.68. The molecule has 5 heteroatoms. The normalized spacial score (nSPS) is 11.0. The maximum absolute atomic E-state index is 13.2. The summed E-state index contributed by atoms with van der Waals surface area (Å²) in [6, 6.07) is 16.3. The third kappa shape index (κ3) is 6.06. The molecular weight excluding hydrogens is 400 g/mol. The topological polar surface area (TPSA) is 52.5 Å². The minimum atomic E-state index is -0.155. The SMILES string of the molecule is CCCCCCOc1c(OCCCC)c(=O)n(C)c2cc(NCc3ccccc3)ccc12. The van der Waals surface area contributed by atoms with Gasteiger partial charge in [0.2, 0.25) is 5.75 Å². The summed E-state index contributed by atoms with van der Waals surface area (Å²) in [6.45, 7) is 6.12. The zero-order chi connectivity index (χ0) is 22.8. The zero-order valence-corrected chi connectivity index (χ0v) is 19.7. The number of fused-ring (bicyclic) bond motifs is 1. The van der Waals surface area contributed by atoms with Gasteiger partial charge in [-0.3, -0.25) is 4.79 Å². The first-order valence-corrected chi connectivity index (χ1v) is 11.9. The van der Waals surface area contributed by atoms with Crippen molar-refractivity contribution in [2.24, 2.45) is 7.05 Å². The van der Waals surface area contributed by atoms with Crippen molar-refractivity contribution in [1.82, 2.24) is 4.57 Å². The first-order chi connectivity index (χ1) is 15.7. The largest absolute Gasteiger partial charge is 0.489 e. The highest BCUT2D eigenvalue weighted by Crippen LogP contribution is 2.34. The maximum atomic E-state index is 13.2. The Morgan fingerprint density at radius 3 is 2.31 bits per heavy atom. The third-order valence-corrected chi connectivity index (χ3v) is 5.64. The Morgan fingerprint density at radius 2 is 1.56 bits per heavy atom. The molecule has 3 aromatic rings. The molecule has 0 bridgehead atoms. The second kappa shape index (κ2) is 12.2. The van der Waals surface area contributed by atoms with Crippen LogP contribution < -0.4 is 20.3 Å². The molecular formula is C27H36N2O3. The van der Waals surface area contributed by atoms with Crippen LogP contribution in [0.3, 0.4) is 0 Å². The molecule has 0 saturated carbocycles. The smallest absolute Gasteiger partial charge is 0.297 e. The van der Waals surface area contributed by atoms with E-state index in [9.17, 15) is 4.79 Å². The van der Waals surface area contributed by atoms with Gasteiger partial charge in [-0.1, -0.05) is 69.9 Å². The zero-order valence-electron chi connectivity index (χ0n) is 19.7. The highest BCUT2D eigenvalue weighted by atomic mass is 16.5. The van der Waals surface area contributed by atoms with Gasteiger partial charge in [-0.15, -0.1) is 0 Å². The molecule has 0 radical (unpaired) electrons. The van der Waals surface area contributed by atoms with Crippen LogP contribution in [-0.4, -0.2) is 17.8 Å². The molecule has 0 fully saturated rings. The van der Waals surface area contributed by atoms with Crippen LogP contribution in [-0.2, 0) is 13.6 Å². The molecule has 1 aromatic heterocycles. The van der Waals surface area contributed by atoms with E-state index in [0.717, 1.165) is 48.8 Å². The van der Waals surface area contributed by atoms with Gasteiger partial charge in [0.25, 0.3) is 5.56 Å². The van der Waals surface area contributed by atoms with Crippen LogP contribution in [0.2, 0.25) is 0 Å². The van der Waals surface area contributed by atoms with Crippen molar-refractivity contribution < 1.29 is 9.47 Å². The van der Waals surface area contributed by atoms with Crippen molar-refractivity contribution in [2.45, 2.75) is 58.9 Å². The average Bonchev–Trinajstić information content (AvgIpc) is 2.82. The Labute approximate surface area is 191 Å². The van der Waals surface area contributed by atoms with E-state index >= 15 is 0 Å². The van der Waals surface area contributed by atoms with Crippen molar-refractivity contribution in [3.8, 4) is 11.5 Å². The predicted octanol–water partition coefficient (Wildman–Crippen LogP) is 6.29. The molecule has 0 unspecified atom stereocenters. The van der Waals surface area contributed by atoms with Gasteiger partial charge in [0, 0.05) is 24.7 Å². The lowest BCUT2D eigenvalue weighted by Crippen LogP contribution is -2.21. The van der Waals surface area contributed by atoms with E-state index in [0.29, 0.717) is 24.7 Å². The van der Waals surface area contributed by atoms with E-state index in [1.165, 1.54) is 18.4 Å². The summed E-state index contributed by atoms with van der Waals surface area (Å²) in [5, 5.41) is 4.36. The first-order valence-electron chi connectivity index (χ1n) is 11.9. The lowest BCUT2D eigenvalue weighted by molar-refractivity contribution is 0.259. The minimum absolute atomic E-state index is 0.155. The number of ether oxygens (including phenoxy) is 2. The summed E-state index contributed by atoms with van der Waals surface area (Å²) in [6.07, 6.45) is 6.38. The average molecular weight is 437 g/mol. The van der Waals surface area contributed by atoms with Crippen LogP contribution >= 0.6 is 0 Å². The molecule has 1 N–H and O–H groups in total. The van der Waals surface area contributed by atoms with E-state index in [1.54, 1.807) is 11.6 Å². The lowest BCUT2D eigenvalue weighted by Gasteiger charge is -2.18. The molecule has 1 heterocycles. The summed E-state index contributed by atoms with van der Waals surface area (Å²) in [7, 11) is 1.79. The summed E-state index contributed by atoms with van der Waals surface area (Å²) in [5.74, 6) is 0.902. The number of hydrogen-bond donors (Lipinski definition) is 1. The molecule has 0 saturated heterocycles. The number of aromatic nitrogens is 1. The Morgan fingerprint density at radius 1 is 0.844 bits per heavy atom. The van der Waals surface area contributed by atoms with E-state index < -0.39 is 0 Å². The molecule has 0 amide bonds. The maximum Gasteiger partial charge on any atom is 0.297 e. The van der Waals surface area contributed by atoms with Crippen LogP contribution in [0, 0.1) is 0 Å². The number of nitrogens with one attached hydrogen (secondary N) is 1. The number of pyridine rings is 1. The number of rotatable bonds is 13. The molecule has 0 aliphatic heterocycles. The fraction of sp³-hybridized carbons (Fsp3) is 0.444. The second-order valence-corrected chi connectivity index (χ2v) is 8.20. The van der Waals surface area contributed by atoms with Gasteiger partial charge in [-0.2, -0.15) is 0 Å². The molecule has 5 nitrogen and oxygen atoms in total. The molecule has 32 heavy (non-hydrogen) atoms. The Bertz CT molecular complexity index is 1040. The Hall–Kier alpha value is -2.95. The van der Waals surface area contributed by atoms with Gasteiger partial charge >= 0.3 is 0 Å². The lowest BCUT2D eigenvalue weighted by atomic mass is 10.1. The van der Waals surface area contributed by atoms with Crippen molar-refractivity contribution in [1.29, 1.82) is 0 Å². The van der Waals surface area contributed by atoms with Crippen molar-refractivity contribution in [3.05, 3.63) is 64.4 Å². The highest BCUT2D eigenvalue weighted by molar-refractivity contribution is 5.90. The van der Waals surface area contributed by atoms with Gasteiger partial charge in [-0.25, -0.2) is 0 Å². The molecule has 172 valence electrons. The summed E-state index contributed by atoms with van der Waals surface area (Å²) < 4.78 is 13.8. The molecule has 0 atom stereocenters. The van der Waals surface area contributed by atoms with E-state index in [-0.39, 0.29) is 5.56 Å². The van der Waals surface area contributed by atoms with Gasteiger partial charge in [-0.05, 0) is 36.6 Å². The number of aryl methyl sites for hydroxylation is 1. The Kier molecular flexibility index (Phi) is 9.02. The van der Waals surface area contributed by atoms with Gasteiger partial charge in [0.05, 0.1) is 18.7 Å². The van der Waals surface area contributed by atoms with Crippen molar-refractivity contribution in [3.63, 3.8) is 0 Å². The van der Waals surface area contributed by atoms with Crippen LogP contribution in [0.1, 0.15) is 57.9 Å². The minimum Gasteiger partial charge on any atom is -0.489 e. The van der Waals surface area contributed by atoms with E-state index in [4.69, 9.17) is 9.47 Å². The quantitative estimate of drug-likeness (QED) is 0.320. The van der Waals surface area contributed by atoms with Crippen LogP contribution in [0.15, 0.2) is 53.3 Å². The van der Waals surface area contributed by atoms with Gasteiger partial charge < -0.3 is 19.4 Å². The van der Waals surface area contributed by atoms with Gasteiger partial charge in [0.15, 0.2) is 5.75 Å². The van der Waals surface area contributed by atoms with Crippen LogP contribution in [0.25, 0.3) is 10.9 Å². The predicted molar refractivity (Wildman–Crippen MR) is 133 cm³/mol. The van der Waals surface area contributed by atoms with Crippen molar-refractivity contribution in [2.75, 3.05) is 18.5 Å². The molecule has 2 aromatic carbocycles. The van der Waals surface area contributed by atoms with Crippen molar-refractivity contribution >= 4 is 16.6 Å². The summed E-state index contributed by atoms with van der Waals surface area (Å²) in [5.41, 5.74) is 2.85. The monoisotopic (exact) mass is 436 g/mol. The molecule has 3 rings (SSSR count). The van der Waals surface area contributed by atoms with Gasteiger partial charge in [0.1, 0.15) is 0 Å². The number of nitrogens with zero attached hydrogens (tertiary/aromatic N) is 1. The molecule has 0 aliphatic carbocycles. The molecule has 0 aliphatic rings. The Balaban J connectivity index is 1.90. The number of hydrogen-bond acceptors (Lipinski definition) is 4. The van der Waals surface area contributed by atoms with Crippen LogP contribution in [0.5, 0.6) is 11.5 Å². The van der Waals surface area contributed by atoms with E-state index in [2.05, 4.69) is 31.3 Å². The summed E-state index contributed by atoms with van der Waals surface area (Å²) >= 11 is 0.